The number of hydrogen-bond donors (Lipinski definition) is 1. The van der Waals surface area contributed by atoms with Crippen LogP contribution in [0.4, 0.5) is 5.69 Å². The van der Waals surface area contributed by atoms with E-state index in [-0.39, 0.29) is 17.7 Å². The van der Waals surface area contributed by atoms with E-state index in [4.69, 9.17) is 11.6 Å². The van der Waals surface area contributed by atoms with Crippen LogP contribution in [-0.2, 0) is 11.3 Å². The quantitative estimate of drug-likeness (QED) is 0.832. The first-order valence-corrected chi connectivity index (χ1v) is 9.21. The maximum absolute atomic E-state index is 13.0. The highest BCUT2D eigenvalue weighted by Gasteiger charge is 2.36. The van der Waals surface area contributed by atoms with Crippen LogP contribution in [-0.4, -0.2) is 22.8 Å². The number of halogens is 1. The van der Waals surface area contributed by atoms with Gasteiger partial charge >= 0.3 is 0 Å². The van der Waals surface area contributed by atoms with E-state index < -0.39 is 6.04 Å². The number of anilines is 1. The van der Waals surface area contributed by atoms with Crippen LogP contribution in [0.15, 0.2) is 42.5 Å². The monoisotopic (exact) mass is 370 g/mol. The summed E-state index contributed by atoms with van der Waals surface area (Å²) in [5, 5.41) is 3.57. The standard InChI is InChI=1S/C21H23ClN2O2/c1-13(2)11-19(20(25)23-18-10-6-9-17(22)14(18)3)24-12-15-7-4-5-8-16(15)21(24)26/h4-10,13,19H,11-12H2,1-3H3,(H,23,25)/t19-/m1/s1. The van der Waals surface area contributed by atoms with E-state index in [1.54, 1.807) is 17.0 Å². The molecule has 5 heteroatoms. The molecule has 2 aromatic carbocycles. The van der Waals surface area contributed by atoms with E-state index in [1.807, 2.05) is 37.3 Å². The minimum absolute atomic E-state index is 0.0794. The second-order valence-corrected chi connectivity index (χ2v) is 7.54. The Morgan fingerprint density at radius 3 is 2.62 bits per heavy atom. The van der Waals surface area contributed by atoms with Crippen molar-refractivity contribution in [2.24, 2.45) is 5.92 Å². The van der Waals surface area contributed by atoms with Gasteiger partial charge in [-0.25, -0.2) is 0 Å². The number of rotatable bonds is 5. The van der Waals surface area contributed by atoms with E-state index >= 15 is 0 Å². The minimum atomic E-state index is -0.520. The van der Waals surface area contributed by atoms with Crippen LogP contribution >= 0.6 is 11.6 Å². The van der Waals surface area contributed by atoms with Crippen molar-refractivity contribution in [1.29, 1.82) is 0 Å². The van der Waals surface area contributed by atoms with Crippen molar-refractivity contribution in [1.82, 2.24) is 4.90 Å². The predicted molar refractivity (Wildman–Crippen MR) is 104 cm³/mol. The Balaban J connectivity index is 1.86. The third-order valence-corrected chi connectivity index (χ3v) is 5.16. The number of benzene rings is 2. The highest BCUT2D eigenvalue weighted by Crippen LogP contribution is 2.28. The van der Waals surface area contributed by atoms with Gasteiger partial charge in [0.1, 0.15) is 6.04 Å². The summed E-state index contributed by atoms with van der Waals surface area (Å²) < 4.78 is 0. The van der Waals surface area contributed by atoms with Crippen LogP contribution < -0.4 is 5.32 Å². The lowest BCUT2D eigenvalue weighted by Gasteiger charge is -2.28. The number of nitrogens with one attached hydrogen (secondary N) is 1. The summed E-state index contributed by atoms with van der Waals surface area (Å²) >= 11 is 6.16. The molecule has 2 amide bonds. The molecule has 0 bridgehead atoms. The third kappa shape index (κ3) is 3.61. The maximum Gasteiger partial charge on any atom is 0.255 e. The summed E-state index contributed by atoms with van der Waals surface area (Å²) in [6, 6.07) is 12.4. The van der Waals surface area contributed by atoms with Crippen LogP contribution in [0, 0.1) is 12.8 Å². The van der Waals surface area contributed by atoms with Gasteiger partial charge in [-0.1, -0.05) is 49.7 Å². The number of amides is 2. The molecule has 2 aromatic rings. The van der Waals surface area contributed by atoms with Crippen molar-refractivity contribution < 1.29 is 9.59 Å². The summed E-state index contributed by atoms with van der Waals surface area (Å²) in [5.41, 5.74) is 3.16. The molecule has 1 atom stereocenters. The summed E-state index contributed by atoms with van der Waals surface area (Å²) in [5.74, 6) is 0.0251. The Morgan fingerprint density at radius 2 is 1.92 bits per heavy atom. The van der Waals surface area contributed by atoms with Crippen LogP contribution in [0.2, 0.25) is 5.02 Å². The molecule has 26 heavy (non-hydrogen) atoms. The van der Waals surface area contributed by atoms with E-state index in [2.05, 4.69) is 19.2 Å². The fraction of sp³-hybridized carbons (Fsp3) is 0.333. The van der Waals surface area contributed by atoms with Gasteiger partial charge in [-0.15, -0.1) is 0 Å². The zero-order chi connectivity index (χ0) is 18.8. The molecule has 1 aliphatic heterocycles. The smallest absolute Gasteiger partial charge is 0.255 e. The molecule has 1 heterocycles. The van der Waals surface area contributed by atoms with Gasteiger partial charge < -0.3 is 10.2 Å². The number of carbonyl (C=O) groups excluding carboxylic acids is 2. The van der Waals surface area contributed by atoms with Gasteiger partial charge in [-0.3, -0.25) is 9.59 Å². The topological polar surface area (TPSA) is 49.4 Å². The SMILES string of the molecule is Cc1c(Cl)cccc1NC(=O)[C@@H](CC(C)C)N1Cc2ccccc2C1=O. The van der Waals surface area contributed by atoms with Crippen LogP contribution in [0.3, 0.4) is 0 Å². The van der Waals surface area contributed by atoms with E-state index in [0.29, 0.717) is 29.2 Å². The van der Waals surface area contributed by atoms with E-state index in [0.717, 1.165) is 11.1 Å². The highest BCUT2D eigenvalue weighted by molar-refractivity contribution is 6.31. The Morgan fingerprint density at radius 1 is 1.19 bits per heavy atom. The zero-order valence-corrected chi connectivity index (χ0v) is 16.0. The van der Waals surface area contributed by atoms with Gasteiger partial charge in [0.25, 0.3) is 5.91 Å². The lowest BCUT2D eigenvalue weighted by Crippen LogP contribution is -2.45. The molecule has 4 nitrogen and oxygen atoms in total. The van der Waals surface area contributed by atoms with E-state index in [9.17, 15) is 9.59 Å². The maximum atomic E-state index is 13.0. The molecule has 0 aliphatic carbocycles. The normalized spacial score (nSPS) is 14.5. The fourth-order valence-corrected chi connectivity index (χ4v) is 3.48. The average Bonchev–Trinajstić information content (AvgIpc) is 2.93. The number of carbonyl (C=O) groups is 2. The largest absolute Gasteiger partial charge is 0.324 e. The number of nitrogens with zero attached hydrogens (tertiary/aromatic N) is 1. The lowest BCUT2D eigenvalue weighted by atomic mass is 10.0. The van der Waals surface area contributed by atoms with Gasteiger partial charge in [0.15, 0.2) is 0 Å². The van der Waals surface area contributed by atoms with Crippen molar-refractivity contribution in [3.8, 4) is 0 Å². The van der Waals surface area contributed by atoms with Crippen molar-refractivity contribution in [2.75, 3.05) is 5.32 Å². The van der Waals surface area contributed by atoms with Crippen LogP contribution in [0.1, 0.15) is 41.8 Å². The third-order valence-electron chi connectivity index (χ3n) is 4.75. The second-order valence-electron chi connectivity index (χ2n) is 7.14. The molecule has 0 saturated carbocycles. The molecule has 0 aromatic heterocycles. The average molecular weight is 371 g/mol. The summed E-state index contributed by atoms with van der Waals surface area (Å²) in [7, 11) is 0. The van der Waals surface area contributed by atoms with E-state index in [1.165, 1.54) is 0 Å². The predicted octanol–water partition coefficient (Wildman–Crippen LogP) is 4.66. The van der Waals surface area contributed by atoms with Gasteiger partial charge in [0, 0.05) is 22.8 Å². The molecule has 0 unspecified atom stereocenters. The van der Waals surface area contributed by atoms with Crippen molar-refractivity contribution in [2.45, 2.75) is 39.8 Å². The second kappa shape index (κ2) is 7.50. The molecule has 1 aliphatic rings. The molecule has 1 N–H and O–H groups in total. The van der Waals surface area contributed by atoms with Gasteiger partial charge in [-0.2, -0.15) is 0 Å². The summed E-state index contributed by atoms with van der Waals surface area (Å²) in [6.07, 6.45) is 0.602. The summed E-state index contributed by atoms with van der Waals surface area (Å²) in [6.45, 7) is 6.44. The molecule has 0 saturated heterocycles. The van der Waals surface area contributed by atoms with Crippen LogP contribution in [0.5, 0.6) is 0 Å². The molecule has 0 radical (unpaired) electrons. The van der Waals surface area contributed by atoms with Crippen molar-refractivity contribution >= 4 is 29.1 Å². The number of hydrogen-bond acceptors (Lipinski definition) is 2. The van der Waals surface area contributed by atoms with Gasteiger partial charge in [0.05, 0.1) is 0 Å². The Hall–Kier alpha value is -2.33. The Bertz CT molecular complexity index is 848. The number of fused-ring (bicyclic) bond motifs is 1. The lowest BCUT2D eigenvalue weighted by molar-refractivity contribution is -0.121. The Labute approximate surface area is 159 Å². The molecular formula is C21H23ClN2O2. The van der Waals surface area contributed by atoms with Crippen molar-refractivity contribution in [3.63, 3.8) is 0 Å². The molecule has 136 valence electrons. The fourth-order valence-electron chi connectivity index (χ4n) is 3.31. The first-order valence-electron chi connectivity index (χ1n) is 8.83. The minimum Gasteiger partial charge on any atom is -0.324 e. The van der Waals surface area contributed by atoms with Crippen molar-refractivity contribution in [3.05, 3.63) is 64.2 Å². The first-order chi connectivity index (χ1) is 12.4. The molecule has 0 fully saturated rings. The molecule has 0 spiro atoms. The Kier molecular flexibility index (Phi) is 5.33. The molecule has 3 rings (SSSR count). The highest BCUT2D eigenvalue weighted by atomic mass is 35.5. The van der Waals surface area contributed by atoms with Gasteiger partial charge in [-0.05, 0) is 48.6 Å². The molecular weight excluding hydrogens is 348 g/mol. The first kappa shape index (κ1) is 18.5. The van der Waals surface area contributed by atoms with Crippen LogP contribution in [0.25, 0.3) is 0 Å². The van der Waals surface area contributed by atoms with Gasteiger partial charge in [0.2, 0.25) is 5.91 Å². The zero-order valence-electron chi connectivity index (χ0n) is 15.3. The summed E-state index contributed by atoms with van der Waals surface area (Å²) in [4.78, 5) is 27.6.